The highest BCUT2D eigenvalue weighted by Crippen LogP contribution is 2.13. The Morgan fingerprint density at radius 3 is 3.07 bits per heavy atom. The lowest BCUT2D eigenvalue weighted by Crippen LogP contribution is -2.26. The second-order valence-corrected chi connectivity index (χ2v) is 3.42. The summed E-state index contributed by atoms with van der Waals surface area (Å²) >= 11 is 5.72. The van der Waals surface area contributed by atoms with Gasteiger partial charge in [0.25, 0.3) is 5.91 Å². The molecule has 1 aromatic rings. The Balaban J connectivity index is 2.17. The molecule has 1 fully saturated rings. The number of rotatable bonds is 1. The van der Waals surface area contributed by atoms with Crippen molar-refractivity contribution >= 4 is 17.5 Å². The summed E-state index contributed by atoms with van der Waals surface area (Å²) in [5.41, 5.74) is 0.458. The average molecular weight is 213 g/mol. The monoisotopic (exact) mass is 212 g/mol. The number of carbonyl (C=O) groups is 1. The summed E-state index contributed by atoms with van der Waals surface area (Å²) in [6.45, 7) is 1.23. The average Bonchev–Trinajstić information content (AvgIpc) is 2.69. The number of hydroxylamine groups is 2. The van der Waals surface area contributed by atoms with Gasteiger partial charge in [0.15, 0.2) is 0 Å². The lowest BCUT2D eigenvalue weighted by molar-refractivity contribution is -0.0768. The fourth-order valence-electron chi connectivity index (χ4n) is 1.28. The maximum Gasteiger partial charge on any atom is 0.279 e. The molecule has 0 radical (unpaired) electrons. The summed E-state index contributed by atoms with van der Waals surface area (Å²) in [6.07, 6.45) is 3.85. The Labute approximate surface area is 86.4 Å². The lowest BCUT2D eigenvalue weighted by atomic mass is 10.2. The van der Waals surface area contributed by atoms with Gasteiger partial charge in [0.2, 0.25) is 0 Å². The smallest absolute Gasteiger partial charge is 0.271 e. The van der Waals surface area contributed by atoms with E-state index in [0.29, 0.717) is 23.7 Å². The minimum Gasteiger partial charge on any atom is -0.271 e. The first-order valence-electron chi connectivity index (χ1n) is 4.33. The Kier molecular flexibility index (Phi) is 2.65. The second kappa shape index (κ2) is 3.94. The summed E-state index contributed by atoms with van der Waals surface area (Å²) < 4.78 is 0. The first-order chi connectivity index (χ1) is 6.77. The van der Waals surface area contributed by atoms with Crippen LogP contribution in [0.4, 0.5) is 0 Å². The largest absolute Gasteiger partial charge is 0.279 e. The van der Waals surface area contributed by atoms with Gasteiger partial charge in [-0.2, -0.15) is 0 Å². The van der Waals surface area contributed by atoms with Crippen molar-refractivity contribution in [1.29, 1.82) is 0 Å². The van der Waals surface area contributed by atoms with E-state index in [4.69, 9.17) is 16.4 Å². The molecule has 5 heteroatoms. The molecule has 1 amide bonds. The number of hydrogen-bond acceptors (Lipinski definition) is 3. The van der Waals surface area contributed by atoms with Gasteiger partial charge in [-0.3, -0.25) is 14.6 Å². The van der Waals surface area contributed by atoms with E-state index in [-0.39, 0.29) is 5.91 Å². The van der Waals surface area contributed by atoms with Crippen LogP contribution in [0.2, 0.25) is 5.02 Å². The van der Waals surface area contributed by atoms with Crippen LogP contribution in [0.15, 0.2) is 18.5 Å². The molecular weight excluding hydrogens is 204 g/mol. The van der Waals surface area contributed by atoms with Gasteiger partial charge in [0.1, 0.15) is 0 Å². The minimum absolute atomic E-state index is 0.183. The van der Waals surface area contributed by atoms with Gasteiger partial charge in [-0.15, -0.1) is 0 Å². The van der Waals surface area contributed by atoms with Gasteiger partial charge in [0.05, 0.1) is 23.7 Å². The highest BCUT2D eigenvalue weighted by atomic mass is 35.5. The number of halogens is 1. The maximum absolute atomic E-state index is 11.7. The predicted octanol–water partition coefficient (Wildman–Crippen LogP) is 1.51. The predicted molar refractivity (Wildman–Crippen MR) is 50.9 cm³/mol. The van der Waals surface area contributed by atoms with Crippen molar-refractivity contribution in [1.82, 2.24) is 10.0 Å². The molecule has 0 aromatic carbocycles. The fraction of sp³-hybridized carbons (Fsp3) is 0.333. The summed E-state index contributed by atoms with van der Waals surface area (Å²) in [6, 6.07) is 1.58. The summed E-state index contributed by atoms with van der Waals surface area (Å²) in [5, 5.41) is 1.79. The van der Waals surface area contributed by atoms with Gasteiger partial charge in [0, 0.05) is 12.4 Å². The van der Waals surface area contributed by atoms with Crippen molar-refractivity contribution in [3.63, 3.8) is 0 Å². The molecule has 0 atom stereocenters. The zero-order valence-electron chi connectivity index (χ0n) is 7.44. The third-order valence-electron chi connectivity index (χ3n) is 1.93. The van der Waals surface area contributed by atoms with Gasteiger partial charge >= 0.3 is 0 Å². The van der Waals surface area contributed by atoms with Crippen molar-refractivity contribution in [2.75, 3.05) is 13.2 Å². The highest BCUT2D eigenvalue weighted by molar-refractivity contribution is 6.30. The van der Waals surface area contributed by atoms with Gasteiger partial charge in [-0.1, -0.05) is 11.6 Å². The summed E-state index contributed by atoms with van der Waals surface area (Å²) in [5.74, 6) is -0.183. The van der Waals surface area contributed by atoms with E-state index in [1.165, 1.54) is 17.5 Å². The normalized spacial score (nSPS) is 15.9. The number of carbonyl (C=O) groups excluding carboxylic acids is 1. The minimum atomic E-state index is -0.183. The van der Waals surface area contributed by atoms with E-state index >= 15 is 0 Å². The Hall–Kier alpha value is -1.13. The maximum atomic E-state index is 11.7. The molecule has 0 unspecified atom stereocenters. The number of hydrogen-bond donors (Lipinski definition) is 0. The van der Waals surface area contributed by atoms with Crippen LogP contribution in [0.3, 0.4) is 0 Å². The van der Waals surface area contributed by atoms with Crippen molar-refractivity contribution in [3.8, 4) is 0 Å². The van der Waals surface area contributed by atoms with Crippen molar-refractivity contribution in [2.45, 2.75) is 6.42 Å². The number of amides is 1. The van der Waals surface area contributed by atoms with Crippen LogP contribution in [-0.4, -0.2) is 29.1 Å². The molecule has 1 aliphatic rings. The molecule has 4 nitrogen and oxygen atoms in total. The SMILES string of the molecule is O=C(c1cncc(Cl)c1)N1CCCO1. The molecule has 0 N–H and O–H groups in total. The van der Waals surface area contributed by atoms with E-state index in [1.54, 1.807) is 6.07 Å². The highest BCUT2D eigenvalue weighted by Gasteiger charge is 2.20. The quantitative estimate of drug-likeness (QED) is 0.709. The Morgan fingerprint density at radius 1 is 1.57 bits per heavy atom. The van der Waals surface area contributed by atoms with Crippen LogP contribution in [0.25, 0.3) is 0 Å². The Morgan fingerprint density at radius 2 is 2.43 bits per heavy atom. The zero-order chi connectivity index (χ0) is 9.97. The van der Waals surface area contributed by atoms with Crippen LogP contribution in [0.1, 0.15) is 16.8 Å². The first kappa shape index (κ1) is 9.43. The molecule has 2 rings (SSSR count). The lowest BCUT2D eigenvalue weighted by Gasteiger charge is -2.13. The number of aromatic nitrogens is 1. The molecule has 0 spiro atoms. The van der Waals surface area contributed by atoms with E-state index < -0.39 is 0 Å². The number of pyridine rings is 1. The first-order valence-corrected chi connectivity index (χ1v) is 4.70. The molecule has 1 saturated heterocycles. The van der Waals surface area contributed by atoms with Crippen molar-refractivity contribution < 1.29 is 9.63 Å². The third kappa shape index (κ3) is 1.86. The van der Waals surface area contributed by atoms with Crippen LogP contribution >= 0.6 is 11.6 Å². The van der Waals surface area contributed by atoms with Crippen molar-refractivity contribution in [3.05, 3.63) is 29.0 Å². The van der Waals surface area contributed by atoms with Crippen molar-refractivity contribution in [2.24, 2.45) is 0 Å². The molecule has 74 valence electrons. The van der Waals surface area contributed by atoms with Gasteiger partial charge < -0.3 is 0 Å². The molecular formula is C9H9ClN2O2. The van der Waals surface area contributed by atoms with E-state index in [9.17, 15) is 4.79 Å². The summed E-state index contributed by atoms with van der Waals surface area (Å²) in [7, 11) is 0. The molecule has 0 saturated carbocycles. The van der Waals surface area contributed by atoms with Crippen LogP contribution in [-0.2, 0) is 4.84 Å². The van der Waals surface area contributed by atoms with Crippen LogP contribution in [0.5, 0.6) is 0 Å². The van der Waals surface area contributed by atoms with Crippen LogP contribution < -0.4 is 0 Å². The molecule has 1 aliphatic heterocycles. The standard InChI is InChI=1S/C9H9ClN2O2/c10-8-4-7(5-11-6-8)9(13)12-2-1-3-14-12/h4-6H,1-3H2. The molecule has 0 bridgehead atoms. The fourth-order valence-corrected chi connectivity index (χ4v) is 1.45. The van der Waals surface area contributed by atoms with Gasteiger partial charge in [-0.05, 0) is 12.5 Å². The van der Waals surface area contributed by atoms with E-state index in [2.05, 4.69) is 4.98 Å². The van der Waals surface area contributed by atoms with Crippen LogP contribution in [0, 0.1) is 0 Å². The third-order valence-corrected chi connectivity index (χ3v) is 2.14. The zero-order valence-corrected chi connectivity index (χ0v) is 8.20. The molecule has 0 aliphatic carbocycles. The second-order valence-electron chi connectivity index (χ2n) is 2.99. The van der Waals surface area contributed by atoms with E-state index in [1.807, 2.05) is 0 Å². The van der Waals surface area contributed by atoms with Gasteiger partial charge in [-0.25, -0.2) is 5.06 Å². The number of nitrogens with zero attached hydrogens (tertiary/aromatic N) is 2. The molecule has 14 heavy (non-hydrogen) atoms. The Bertz CT molecular complexity index is 350. The van der Waals surface area contributed by atoms with E-state index in [0.717, 1.165) is 6.42 Å². The molecule has 1 aromatic heterocycles. The molecule has 2 heterocycles. The summed E-state index contributed by atoms with van der Waals surface area (Å²) in [4.78, 5) is 20.7. The topological polar surface area (TPSA) is 42.4 Å².